The number of carbonyl (C=O) groups is 2. The van der Waals surface area contributed by atoms with Crippen molar-refractivity contribution in [3.05, 3.63) is 22.7 Å². The van der Waals surface area contributed by atoms with E-state index in [1.54, 1.807) is 27.7 Å². The van der Waals surface area contributed by atoms with Crippen molar-refractivity contribution in [3.63, 3.8) is 0 Å². The van der Waals surface area contributed by atoms with Gasteiger partial charge in [-0.15, -0.1) is 0 Å². The second kappa shape index (κ2) is 9.81. The molecule has 0 amide bonds. The van der Waals surface area contributed by atoms with E-state index in [2.05, 4.69) is 4.98 Å². The molecule has 1 aliphatic rings. The zero-order valence-electron chi connectivity index (χ0n) is 17.5. The highest BCUT2D eigenvalue weighted by molar-refractivity contribution is 6.35. The minimum Gasteiger partial charge on any atom is -0.462 e. The third kappa shape index (κ3) is 5.63. The summed E-state index contributed by atoms with van der Waals surface area (Å²) in [6, 6.07) is 0.635. The summed E-state index contributed by atoms with van der Waals surface area (Å²) in [4.78, 5) is 40.1. The van der Waals surface area contributed by atoms with Crippen molar-refractivity contribution in [2.45, 2.75) is 58.6 Å². The highest BCUT2D eigenvalue weighted by Crippen LogP contribution is 2.30. The second-order valence-corrected chi connectivity index (χ2v) is 7.82. The fourth-order valence-corrected chi connectivity index (χ4v) is 2.76. The summed E-state index contributed by atoms with van der Waals surface area (Å²) in [5, 5.41) is 7.83. The summed E-state index contributed by atoms with van der Waals surface area (Å²) in [6.07, 6.45) is -0.950. The smallest absolute Gasteiger partial charge is 0.352 e. The summed E-state index contributed by atoms with van der Waals surface area (Å²) in [5.41, 5.74) is 10.5. The van der Waals surface area contributed by atoms with Crippen molar-refractivity contribution in [1.29, 1.82) is 5.41 Å². The number of aromatic nitrogens is 2. The van der Waals surface area contributed by atoms with E-state index >= 15 is 0 Å². The van der Waals surface area contributed by atoms with Gasteiger partial charge in [0, 0.05) is 18.5 Å². The molecule has 1 aromatic rings. The lowest BCUT2D eigenvalue weighted by atomic mass is 10.1. The quantitative estimate of drug-likeness (QED) is 0.390. The van der Waals surface area contributed by atoms with Crippen molar-refractivity contribution >= 4 is 23.5 Å². The van der Waals surface area contributed by atoms with Crippen LogP contribution in [0.1, 0.15) is 40.3 Å². The van der Waals surface area contributed by atoms with Gasteiger partial charge in [0.05, 0.1) is 0 Å². The number of hydrogen-bond acceptors (Lipinski definition) is 10. The second-order valence-electron chi connectivity index (χ2n) is 7.82. The van der Waals surface area contributed by atoms with Gasteiger partial charge in [0.25, 0.3) is 0 Å². The van der Waals surface area contributed by atoms with Gasteiger partial charge >= 0.3 is 17.6 Å². The maximum atomic E-state index is 12.2. The largest absolute Gasteiger partial charge is 0.462 e. The Bertz CT molecular complexity index is 852. The molecule has 4 atom stereocenters. The van der Waals surface area contributed by atoms with E-state index < -0.39 is 42.1 Å². The van der Waals surface area contributed by atoms with Crippen molar-refractivity contribution in [3.8, 4) is 0 Å². The Labute approximate surface area is 174 Å². The number of nitrogens with one attached hydrogen (secondary N) is 1. The Hall–Kier alpha value is -2.79. The number of carbonyl (C=O) groups excluding carboxylic acids is 2. The van der Waals surface area contributed by atoms with Gasteiger partial charge < -0.3 is 25.7 Å². The summed E-state index contributed by atoms with van der Waals surface area (Å²) in [6.45, 7) is 6.75. The number of hydrogen-bond donors (Lipinski definition) is 3. The Morgan fingerprint density at radius 3 is 2.60 bits per heavy atom. The minimum absolute atomic E-state index is 0.0655. The highest BCUT2D eigenvalue weighted by Gasteiger charge is 2.41. The van der Waals surface area contributed by atoms with E-state index in [-0.39, 0.29) is 36.4 Å². The number of nitrogen functional groups attached to an aromatic ring is 1. The number of anilines is 1. The summed E-state index contributed by atoms with van der Waals surface area (Å²) >= 11 is 0. The first-order chi connectivity index (χ1) is 14.0. The van der Waals surface area contributed by atoms with Crippen molar-refractivity contribution in [1.82, 2.24) is 9.55 Å². The zero-order chi connectivity index (χ0) is 22.6. The predicted octanol–water partition coefficient (Wildman–Crippen LogP) is 0.227. The molecule has 0 spiro atoms. The van der Waals surface area contributed by atoms with Crippen LogP contribution in [0.25, 0.3) is 0 Å². The first-order valence-corrected chi connectivity index (χ1v) is 9.73. The zero-order valence-corrected chi connectivity index (χ0v) is 17.5. The van der Waals surface area contributed by atoms with Gasteiger partial charge in [-0.25, -0.2) is 9.59 Å². The Kier molecular flexibility index (Phi) is 7.68. The molecule has 1 aromatic heterocycles. The van der Waals surface area contributed by atoms with Crippen LogP contribution in [0, 0.1) is 17.2 Å². The standard InChI is InChI=1S/C19H29N5O6/c1-9(2)15(21)17(25)28-8-12-11(30-18(26)16(22)10(3)4)7-14(29-12)24-6-5-13(20)23-19(24)27/h5-6,9-12,14-15,22H,7-8,21H2,1-4H3,(H2,20,23,27)/t11?,12-,14-,15-/m0/s1. The van der Waals surface area contributed by atoms with Crippen LogP contribution >= 0.6 is 0 Å². The topological polar surface area (TPSA) is 173 Å². The third-order valence-corrected chi connectivity index (χ3v) is 4.78. The van der Waals surface area contributed by atoms with Gasteiger partial charge in [-0.1, -0.05) is 27.7 Å². The molecule has 0 radical (unpaired) electrons. The Balaban J connectivity index is 2.17. The van der Waals surface area contributed by atoms with Gasteiger partial charge in [-0.05, 0) is 12.0 Å². The van der Waals surface area contributed by atoms with Gasteiger partial charge in [0.2, 0.25) is 0 Å². The Morgan fingerprint density at radius 2 is 2.03 bits per heavy atom. The number of ether oxygens (including phenoxy) is 3. The van der Waals surface area contributed by atoms with Crippen LogP contribution in [-0.2, 0) is 23.8 Å². The van der Waals surface area contributed by atoms with E-state index in [1.165, 1.54) is 16.8 Å². The fourth-order valence-electron chi connectivity index (χ4n) is 2.76. The fraction of sp³-hybridized carbons (Fsp3) is 0.632. The van der Waals surface area contributed by atoms with Gasteiger partial charge in [0.1, 0.15) is 42.6 Å². The molecule has 2 rings (SSSR count). The lowest BCUT2D eigenvalue weighted by Crippen LogP contribution is -2.40. The minimum atomic E-state index is -0.841. The van der Waals surface area contributed by atoms with Gasteiger partial charge in [-0.3, -0.25) is 14.8 Å². The van der Waals surface area contributed by atoms with Crippen molar-refractivity contribution in [2.75, 3.05) is 12.3 Å². The molecular weight excluding hydrogens is 394 g/mol. The first-order valence-electron chi connectivity index (χ1n) is 9.73. The molecule has 1 fully saturated rings. The molecule has 1 aliphatic heterocycles. The molecule has 0 aromatic carbocycles. The summed E-state index contributed by atoms with van der Waals surface area (Å²) in [7, 11) is 0. The lowest BCUT2D eigenvalue weighted by Gasteiger charge is -2.21. The lowest BCUT2D eigenvalue weighted by molar-refractivity contribution is -0.156. The van der Waals surface area contributed by atoms with E-state index in [4.69, 9.17) is 31.1 Å². The molecule has 2 heterocycles. The van der Waals surface area contributed by atoms with E-state index in [0.29, 0.717) is 0 Å². The van der Waals surface area contributed by atoms with Crippen molar-refractivity contribution in [2.24, 2.45) is 17.6 Å². The Morgan fingerprint density at radius 1 is 1.37 bits per heavy atom. The first kappa shape index (κ1) is 23.5. The van der Waals surface area contributed by atoms with E-state index in [1.807, 2.05) is 0 Å². The third-order valence-electron chi connectivity index (χ3n) is 4.78. The number of rotatable bonds is 8. The maximum Gasteiger partial charge on any atom is 0.352 e. The molecule has 0 saturated carbocycles. The van der Waals surface area contributed by atoms with Crippen LogP contribution in [0.15, 0.2) is 17.1 Å². The van der Waals surface area contributed by atoms with Crippen LogP contribution in [0.3, 0.4) is 0 Å². The SMILES string of the molecule is CC(C)C(=N)C(=O)OC1C[C@@H](n2ccc(N)nc2=O)O[C@H]1COC(=O)[C@@H](N)C(C)C. The van der Waals surface area contributed by atoms with Crippen LogP contribution in [0.5, 0.6) is 0 Å². The van der Waals surface area contributed by atoms with Gasteiger partial charge in [0.15, 0.2) is 0 Å². The molecule has 0 bridgehead atoms. The summed E-state index contributed by atoms with van der Waals surface area (Å²) in [5.74, 6) is -1.77. The van der Waals surface area contributed by atoms with E-state index in [0.717, 1.165) is 0 Å². The normalized spacial score (nSPS) is 22.2. The molecule has 1 unspecified atom stereocenters. The molecule has 5 N–H and O–H groups in total. The van der Waals surface area contributed by atoms with Crippen LogP contribution in [0.4, 0.5) is 5.82 Å². The maximum absolute atomic E-state index is 12.2. The van der Waals surface area contributed by atoms with Gasteiger partial charge in [-0.2, -0.15) is 4.98 Å². The molecule has 1 saturated heterocycles. The van der Waals surface area contributed by atoms with Crippen LogP contribution in [-0.4, -0.2) is 52.1 Å². The van der Waals surface area contributed by atoms with E-state index in [9.17, 15) is 14.4 Å². The molecular formula is C19H29N5O6. The molecule has 11 heteroatoms. The average molecular weight is 423 g/mol. The molecule has 11 nitrogen and oxygen atoms in total. The average Bonchev–Trinajstić information content (AvgIpc) is 3.06. The molecule has 0 aliphatic carbocycles. The van der Waals surface area contributed by atoms with Crippen LogP contribution in [0.2, 0.25) is 0 Å². The number of nitrogens with zero attached hydrogens (tertiary/aromatic N) is 2. The molecule has 30 heavy (non-hydrogen) atoms. The number of nitrogens with two attached hydrogens (primary N) is 2. The summed E-state index contributed by atoms with van der Waals surface area (Å²) < 4.78 is 17.7. The number of esters is 2. The predicted molar refractivity (Wildman–Crippen MR) is 108 cm³/mol. The monoisotopic (exact) mass is 423 g/mol. The van der Waals surface area contributed by atoms with Crippen LogP contribution < -0.4 is 17.2 Å². The molecule has 166 valence electrons. The van der Waals surface area contributed by atoms with Crippen molar-refractivity contribution < 1.29 is 23.8 Å². The highest BCUT2D eigenvalue weighted by atomic mass is 16.6.